The third-order valence-electron chi connectivity index (χ3n) is 12.3. The number of hydrogen-bond acceptors (Lipinski definition) is 21. The molecular weight excluding hydrogens is 1010 g/mol. The quantitative estimate of drug-likeness (QED) is 0.0313. The number of benzene rings is 3. The predicted molar refractivity (Wildman–Crippen MR) is 297 cm³/mol. The third-order valence-corrected chi connectivity index (χ3v) is 12.3. The van der Waals surface area contributed by atoms with E-state index in [1.807, 2.05) is 98.4 Å². The number of nitrogens with zero attached hydrogens (tertiary/aromatic N) is 4. The highest BCUT2D eigenvalue weighted by atomic mass is 16.6. The van der Waals surface area contributed by atoms with Gasteiger partial charge >= 0.3 is 0 Å². The lowest BCUT2D eigenvalue weighted by Crippen LogP contribution is -2.41. The molecule has 0 spiro atoms. The second-order valence-corrected chi connectivity index (χ2v) is 19.0. The number of nitriles is 1. The number of anilines is 3. The van der Waals surface area contributed by atoms with Gasteiger partial charge in [-0.05, 0) is 84.0 Å². The highest BCUT2D eigenvalue weighted by Gasteiger charge is 2.40. The van der Waals surface area contributed by atoms with Crippen molar-refractivity contribution >= 4 is 17.1 Å². The van der Waals surface area contributed by atoms with Crippen LogP contribution in [0.4, 0.5) is 17.1 Å². The van der Waals surface area contributed by atoms with Crippen LogP contribution in [0, 0.1) is 31.1 Å². The van der Waals surface area contributed by atoms with Crippen molar-refractivity contribution in [3.05, 3.63) is 88.5 Å². The molecule has 5 atom stereocenters. The van der Waals surface area contributed by atoms with Gasteiger partial charge in [-0.1, -0.05) is 31.2 Å². The number of aliphatic hydroxyl groups excluding tert-OH is 7. The summed E-state index contributed by atoms with van der Waals surface area (Å²) in [4.78, 5) is 5.97. The predicted octanol–water partition coefficient (Wildman–Crippen LogP) is 1.69. The molecule has 21 nitrogen and oxygen atoms in total. The van der Waals surface area contributed by atoms with Crippen molar-refractivity contribution in [1.29, 1.82) is 5.26 Å². The molecule has 0 amide bonds. The maximum atomic E-state index is 11.7. The van der Waals surface area contributed by atoms with Crippen LogP contribution in [0.5, 0.6) is 0 Å². The van der Waals surface area contributed by atoms with Gasteiger partial charge in [-0.2, -0.15) is 5.26 Å². The first kappa shape index (κ1) is 68.1. The summed E-state index contributed by atoms with van der Waals surface area (Å²) in [5.41, 5.74) is 5.04. The van der Waals surface area contributed by atoms with E-state index in [2.05, 4.69) is 17.9 Å². The summed E-state index contributed by atoms with van der Waals surface area (Å²) in [6.45, 7) is 11.8. The molecule has 0 radical (unpaired) electrons. The maximum absolute atomic E-state index is 11.7. The molecule has 78 heavy (non-hydrogen) atoms. The summed E-state index contributed by atoms with van der Waals surface area (Å²) in [6, 6.07) is 22.6. The molecule has 0 aromatic heterocycles. The van der Waals surface area contributed by atoms with E-state index in [0.29, 0.717) is 58.5 Å². The monoisotopic (exact) mass is 1100 g/mol. The van der Waals surface area contributed by atoms with Crippen molar-refractivity contribution in [1.82, 2.24) is 0 Å². The SMILES string of the molecule is Cc1cc(N(CC(C)COCCOCCOCCO)CC(O)COCCOCCO)ccc1C(C#N)(c1ccc(N(C)C)cc1)c1ccc(N(CC(O)COCCOCCO)CC(O)COCCOCCOCCO)cc1C. The average molecular weight is 1110 g/mol. The van der Waals surface area contributed by atoms with Crippen molar-refractivity contribution < 1.29 is 83.1 Å². The first-order valence-electron chi connectivity index (χ1n) is 27.0. The lowest BCUT2D eigenvalue weighted by Gasteiger charge is -2.35. The standard InChI is InChI=1S/C57H92N4O17/c1-45(40-75-30-28-73-24-22-69-18-14-62)36-60(37-52(66)41-76-31-26-71-20-16-64)50-10-12-55(46(2)34-50)57(44-58,48-6-8-49(9-7-48)59(4)5)56-13-11-51(35-47(56)3)61(38-53(67)42-77-32-27-72-21-17-65)39-54(68)43-78-33-29-74-25-23-70-19-15-63/h6-13,34-35,45,52-54,62-68H,14-33,36-43H2,1-5H3. The summed E-state index contributed by atoms with van der Waals surface area (Å²) < 4.78 is 55.4. The summed E-state index contributed by atoms with van der Waals surface area (Å²) in [6.07, 6.45) is -2.77. The fourth-order valence-corrected chi connectivity index (χ4v) is 8.62. The van der Waals surface area contributed by atoms with Crippen LogP contribution in [-0.2, 0) is 52.8 Å². The highest BCUT2D eigenvalue weighted by molar-refractivity contribution is 5.66. The molecule has 0 heterocycles. The van der Waals surface area contributed by atoms with Crippen molar-refractivity contribution in [2.75, 3.05) is 214 Å². The Hall–Kier alpha value is -4.13. The zero-order chi connectivity index (χ0) is 56.8. The fraction of sp³-hybridized carbons (Fsp3) is 0.667. The Morgan fingerprint density at radius 3 is 1.06 bits per heavy atom. The molecule has 5 unspecified atom stereocenters. The largest absolute Gasteiger partial charge is 0.394 e. The molecule has 0 aliphatic heterocycles. The van der Waals surface area contributed by atoms with Gasteiger partial charge in [0, 0.05) is 57.3 Å². The molecule has 0 fully saturated rings. The Morgan fingerprint density at radius 1 is 0.436 bits per heavy atom. The molecule has 3 rings (SSSR count). The van der Waals surface area contributed by atoms with Crippen LogP contribution in [0.3, 0.4) is 0 Å². The Labute approximate surface area is 462 Å². The molecule has 7 N–H and O–H groups in total. The number of aryl methyl sites for hydroxylation is 2. The summed E-state index contributed by atoms with van der Waals surface area (Å²) in [5.74, 6) is 0.0281. The van der Waals surface area contributed by atoms with E-state index in [1.54, 1.807) is 0 Å². The van der Waals surface area contributed by atoms with E-state index in [4.69, 9.17) is 67.8 Å². The van der Waals surface area contributed by atoms with Gasteiger partial charge in [-0.25, -0.2) is 0 Å². The molecule has 3 aromatic rings. The van der Waals surface area contributed by atoms with Gasteiger partial charge in [0.2, 0.25) is 0 Å². The van der Waals surface area contributed by atoms with E-state index in [0.717, 1.165) is 39.2 Å². The van der Waals surface area contributed by atoms with Crippen LogP contribution in [-0.4, -0.2) is 253 Å². The summed E-state index contributed by atoms with van der Waals surface area (Å²) in [5, 5.41) is 81.5. The zero-order valence-corrected chi connectivity index (χ0v) is 46.9. The van der Waals surface area contributed by atoms with E-state index in [-0.39, 0.29) is 138 Å². The molecule has 0 saturated heterocycles. The van der Waals surface area contributed by atoms with Gasteiger partial charge in [0.15, 0.2) is 0 Å². The van der Waals surface area contributed by atoms with Crippen LogP contribution in [0.1, 0.15) is 34.7 Å². The first-order valence-corrected chi connectivity index (χ1v) is 27.0. The van der Waals surface area contributed by atoms with E-state index < -0.39 is 23.7 Å². The molecule has 0 bridgehead atoms. The Bertz CT molecular complexity index is 1920. The average Bonchev–Trinajstić information content (AvgIpc) is 3.52. The topological polar surface area (TPSA) is 267 Å². The second kappa shape index (κ2) is 41.0. The van der Waals surface area contributed by atoms with Gasteiger partial charge in [0.05, 0.1) is 183 Å². The minimum atomic E-state index is -1.32. The Kier molecular flexibility index (Phi) is 35.8. The molecule has 21 heteroatoms. The van der Waals surface area contributed by atoms with Crippen LogP contribution in [0.2, 0.25) is 0 Å². The minimum absolute atomic E-state index is 0.000601. The van der Waals surface area contributed by atoms with Crippen LogP contribution < -0.4 is 14.7 Å². The fourth-order valence-electron chi connectivity index (χ4n) is 8.62. The molecule has 0 saturated carbocycles. The van der Waals surface area contributed by atoms with Gasteiger partial charge in [0.1, 0.15) is 5.41 Å². The third kappa shape index (κ3) is 25.5. The van der Waals surface area contributed by atoms with Crippen molar-refractivity contribution in [2.24, 2.45) is 5.92 Å². The number of aliphatic hydroxyl groups is 7. The Morgan fingerprint density at radius 2 is 0.744 bits per heavy atom. The van der Waals surface area contributed by atoms with Gasteiger partial charge in [0.25, 0.3) is 0 Å². The van der Waals surface area contributed by atoms with E-state index in [1.165, 1.54) is 0 Å². The van der Waals surface area contributed by atoms with E-state index in [9.17, 15) is 20.6 Å². The maximum Gasteiger partial charge on any atom is 0.133 e. The second-order valence-electron chi connectivity index (χ2n) is 19.0. The normalized spacial score (nSPS) is 13.9. The zero-order valence-electron chi connectivity index (χ0n) is 46.9. The molecule has 3 aromatic carbocycles. The van der Waals surface area contributed by atoms with Crippen LogP contribution in [0.15, 0.2) is 60.7 Å². The molecule has 0 aliphatic carbocycles. The molecule has 442 valence electrons. The van der Waals surface area contributed by atoms with Gasteiger partial charge < -0.3 is 97.8 Å². The number of rotatable bonds is 48. The van der Waals surface area contributed by atoms with Gasteiger partial charge in [-0.3, -0.25) is 0 Å². The van der Waals surface area contributed by atoms with Crippen LogP contribution in [0.25, 0.3) is 0 Å². The number of ether oxygens (including phenoxy) is 10. The summed E-state index contributed by atoms with van der Waals surface area (Å²) >= 11 is 0. The first-order chi connectivity index (χ1) is 37.8. The molecular formula is C57H92N4O17. The Balaban J connectivity index is 2.01. The van der Waals surface area contributed by atoms with Crippen molar-refractivity contribution in [2.45, 2.75) is 44.5 Å². The number of hydrogen-bond donors (Lipinski definition) is 7. The summed E-state index contributed by atoms with van der Waals surface area (Å²) in [7, 11) is 3.92. The highest BCUT2D eigenvalue weighted by Crippen LogP contribution is 2.44. The van der Waals surface area contributed by atoms with Crippen molar-refractivity contribution in [3.63, 3.8) is 0 Å². The lowest BCUT2D eigenvalue weighted by atomic mass is 9.68. The van der Waals surface area contributed by atoms with Crippen molar-refractivity contribution in [3.8, 4) is 6.07 Å². The smallest absolute Gasteiger partial charge is 0.133 e. The van der Waals surface area contributed by atoms with E-state index >= 15 is 0 Å². The van der Waals surface area contributed by atoms with Crippen LogP contribution >= 0.6 is 0 Å². The van der Waals surface area contributed by atoms with Gasteiger partial charge in [-0.15, -0.1) is 0 Å². The molecule has 0 aliphatic rings. The minimum Gasteiger partial charge on any atom is -0.394 e. The lowest BCUT2D eigenvalue weighted by molar-refractivity contribution is -0.0127.